The molecule has 128 valence electrons. The van der Waals surface area contributed by atoms with E-state index < -0.39 is 0 Å². The summed E-state index contributed by atoms with van der Waals surface area (Å²) in [7, 11) is 0. The second-order valence-corrected chi connectivity index (χ2v) is 6.62. The molecule has 1 aliphatic carbocycles. The number of carbonyl (C=O) groups is 1. The number of rotatable bonds is 7. The van der Waals surface area contributed by atoms with Gasteiger partial charge in [0, 0.05) is 37.3 Å². The van der Waals surface area contributed by atoms with Gasteiger partial charge in [-0.15, -0.1) is 0 Å². The fraction of sp³-hybridized carbons (Fsp3) is 0.471. The second kappa shape index (κ2) is 7.77. The summed E-state index contributed by atoms with van der Waals surface area (Å²) in [6, 6.07) is 5.53. The van der Waals surface area contributed by atoms with E-state index in [1.807, 2.05) is 12.1 Å². The van der Waals surface area contributed by atoms with Gasteiger partial charge >= 0.3 is 0 Å². The first kappa shape index (κ1) is 16.9. The van der Waals surface area contributed by atoms with Gasteiger partial charge in [0.15, 0.2) is 5.15 Å². The Morgan fingerprint density at radius 3 is 2.79 bits per heavy atom. The Morgan fingerprint density at radius 2 is 2.17 bits per heavy atom. The SMILES string of the molecule is O=C(CCc1cc(Cl)no1)NC(Cc1ccncc1)C1CC(O)C1. The lowest BCUT2D eigenvalue weighted by Crippen LogP contribution is -2.48. The van der Waals surface area contributed by atoms with Gasteiger partial charge in [0.05, 0.1) is 6.10 Å². The molecule has 1 fully saturated rings. The van der Waals surface area contributed by atoms with Crippen LogP contribution in [0.1, 0.15) is 30.6 Å². The van der Waals surface area contributed by atoms with Crippen LogP contribution in [0.2, 0.25) is 5.15 Å². The largest absolute Gasteiger partial charge is 0.393 e. The number of aryl methyl sites for hydroxylation is 1. The first-order valence-electron chi connectivity index (χ1n) is 8.07. The zero-order valence-electron chi connectivity index (χ0n) is 13.2. The monoisotopic (exact) mass is 349 g/mol. The van der Waals surface area contributed by atoms with E-state index in [-0.39, 0.29) is 18.1 Å². The molecule has 0 radical (unpaired) electrons. The van der Waals surface area contributed by atoms with Crippen molar-refractivity contribution >= 4 is 17.5 Å². The summed E-state index contributed by atoms with van der Waals surface area (Å²) in [5.74, 6) is 0.861. The lowest BCUT2D eigenvalue weighted by atomic mass is 9.75. The third-order valence-electron chi connectivity index (χ3n) is 4.40. The molecule has 2 aromatic rings. The third kappa shape index (κ3) is 4.55. The summed E-state index contributed by atoms with van der Waals surface area (Å²) >= 11 is 5.70. The number of amides is 1. The Hall–Kier alpha value is -1.92. The molecule has 2 heterocycles. The molecule has 2 N–H and O–H groups in total. The van der Waals surface area contributed by atoms with Crippen molar-refractivity contribution in [1.29, 1.82) is 0 Å². The van der Waals surface area contributed by atoms with Crippen molar-refractivity contribution in [3.05, 3.63) is 47.1 Å². The van der Waals surface area contributed by atoms with E-state index in [2.05, 4.69) is 15.5 Å². The molecule has 6 nitrogen and oxygen atoms in total. The van der Waals surface area contributed by atoms with Crippen molar-refractivity contribution in [3.8, 4) is 0 Å². The maximum Gasteiger partial charge on any atom is 0.220 e. The van der Waals surface area contributed by atoms with E-state index in [9.17, 15) is 9.90 Å². The molecule has 0 saturated heterocycles. The number of hydrogen-bond donors (Lipinski definition) is 2. The Morgan fingerprint density at radius 1 is 1.42 bits per heavy atom. The molecular formula is C17H20ClN3O3. The molecule has 0 bridgehead atoms. The van der Waals surface area contributed by atoms with Crippen LogP contribution in [0.5, 0.6) is 0 Å². The smallest absolute Gasteiger partial charge is 0.220 e. The first-order chi connectivity index (χ1) is 11.6. The van der Waals surface area contributed by atoms with E-state index >= 15 is 0 Å². The fourth-order valence-electron chi connectivity index (χ4n) is 2.99. The molecular weight excluding hydrogens is 330 g/mol. The van der Waals surface area contributed by atoms with Crippen LogP contribution in [-0.2, 0) is 17.6 Å². The van der Waals surface area contributed by atoms with Crippen molar-refractivity contribution in [2.75, 3.05) is 0 Å². The summed E-state index contributed by atoms with van der Waals surface area (Å²) < 4.78 is 5.01. The van der Waals surface area contributed by atoms with Crippen molar-refractivity contribution in [2.45, 2.75) is 44.2 Å². The highest BCUT2D eigenvalue weighted by Gasteiger charge is 2.34. The van der Waals surface area contributed by atoms with E-state index in [4.69, 9.17) is 16.1 Å². The summed E-state index contributed by atoms with van der Waals surface area (Å²) in [5.41, 5.74) is 1.12. The van der Waals surface area contributed by atoms with Crippen LogP contribution in [0, 0.1) is 5.92 Å². The molecule has 1 saturated carbocycles. The molecule has 1 aliphatic rings. The standard InChI is InChI=1S/C17H20ClN3O3/c18-16-10-14(24-21-16)1-2-17(23)20-15(12-8-13(22)9-12)7-11-3-5-19-6-4-11/h3-6,10,12-13,15,22H,1-2,7-9H2,(H,20,23). The van der Waals surface area contributed by atoms with Gasteiger partial charge in [-0.25, -0.2) is 0 Å². The quantitative estimate of drug-likeness (QED) is 0.799. The van der Waals surface area contributed by atoms with E-state index in [1.54, 1.807) is 18.5 Å². The number of aliphatic hydroxyl groups excluding tert-OH is 1. The average Bonchev–Trinajstić information content (AvgIpc) is 2.96. The van der Waals surface area contributed by atoms with Crippen LogP contribution in [0.4, 0.5) is 0 Å². The molecule has 1 amide bonds. The number of aromatic nitrogens is 2. The Kier molecular flexibility index (Phi) is 5.48. The van der Waals surface area contributed by atoms with Crippen LogP contribution in [-0.4, -0.2) is 33.3 Å². The zero-order chi connectivity index (χ0) is 16.9. The highest BCUT2D eigenvalue weighted by molar-refractivity contribution is 6.29. The molecule has 0 spiro atoms. The molecule has 0 aromatic carbocycles. The van der Waals surface area contributed by atoms with Gasteiger partial charge in [-0.2, -0.15) is 0 Å². The summed E-state index contributed by atoms with van der Waals surface area (Å²) in [5, 5.41) is 16.6. The second-order valence-electron chi connectivity index (χ2n) is 6.23. The number of hydrogen-bond acceptors (Lipinski definition) is 5. The maximum absolute atomic E-state index is 12.3. The molecule has 7 heteroatoms. The Balaban J connectivity index is 1.55. The van der Waals surface area contributed by atoms with Crippen molar-refractivity contribution < 1.29 is 14.4 Å². The number of halogens is 1. The number of carbonyl (C=O) groups excluding carboxylic acids is 1. The van der Waals surface area contributed by atoms with Crippen molar-refractivity contribution in [1.82, 2.24) is 15.5 Å². The zero-order valence-corrected chi connectivity index (χ0v) is 13.9. The van der Waals surface area contributed by atoms with Gasteiger partial charge < -0.3 is 14.9 Å². The van der Waals surface area contributed by atoms with Crippen LogP contribution >= 0.6 is 11.6 Å². The molecule has 3 rings (SSSR count). The minimum Gasteiger partial charge on any atom is -0.393 e. The molecule has 1 atom stereocenters. The first-order valence-corrected chi connectivity index (χ1v) is 8.45. The van der Waals surface area contributed by atoms with Gasteiger partial charge in [0.2, 0.25) is 5.91 Å². The Labute approximate surface area is 145 Å². The third-order valence-corrected chi connectivity index (χ3v) is 4.58. The lowest BCUT2D eigenvalue weighted by Gasteiger charge is -2.38. The number of nitrogens with one attached hydrogen (secondary N) is 1. The molecule has 24 heavy (non-hydrogen) atoms. The van der Waals surface area contributed by atoms with Crippen LogP contribution in [0.25, 0.3) is 0 Å². The normalized spacial score (nSPS) is 21.1. The number of pyridine rings is 1. The highest BCUT2D eigenvalue weighted by Crippen LogP contribution is 2.31. The predicted octanol–water partition coefficient (Wildman–Crippen LogP) is 2.15. The topological polar surface area (TPSA) is 88.3 Å². The van der Waals surface area contributed by atoms with Gasteiger partial charge in [0.25, 0.3) is 0 Å². The van der Waals surface area contributed by atoms with Crippen LogP contribution in [0.15, 0.2) is 35.1 Å². The lowest BCUT2D eigenvalue weighted by molar-refractivity contribution is -0.123. The van der Waals surface area contributed by atoms with Crippen molar-refractivity contribution in [2.24, 2.45) is 5.92 Å². The van der Waals surface area contributed by atoms with Gasteiger partial charge in [-0.3, -0.25) is 9.78 Å². The summed E-state index contributed by atoms with van der Waals surface area (Å²) in [4.78, 5) is 16.3. The van der Waals surface area contributed by atoms with Gasteiger partial charge in [-0.1, -0.05) is 16.8 Å². The molecule has 2 aromatic heterocycles. The van der Waals surface area contributed by atoms with E-state index in [0.29, 0.717) is 29.7 Å². The molecule has 0 aliphatic heterocycles. The van der Waals surface area contributed by atoms with E-state index in [1.165, 1.54) is 0 Å². The van der Waals surface area contributed by atoms with E-state index in [0.717, 1.165) is 24.8 Å². The van der Waals surface area contributed by atoms with Crippen LogP contribution in [0.3, 0.4) is 0 Å². The fourth-order valence-corrected chi connectivity index (χ4v) is 3.14. The van der Waals surface area contributed by atoms with Gasteiger partial charge in [-0.05, 0) is 42.9 Å². The summed E-state index contributed by atoms with van der Waals surface area (Å²) in [6.07, 6.45) is 6.22. The number of nitrogens with zero attached hydrogens (tertiary/aromatic N) is 2. The van der Waals surface area contributed by atoms with Crippen molar-refractivity contribution in [3.63, 3.8) is 0 Å². The minimum absolute atomic E-state index is 0.0154. The maximum atomic E-state index is 12.3. The number of aliphatic hydroxyl groups is 1. The summed E-state index contributed by atoms with van der Waals surface area (Å²) in [6.45, 7) is 0. The van der Waals surface area contributed by atoms with Crippen LogP contribution < -0.4 is 5.32 Å². The minimum atomic E-state index is -0.247. The van der Waals surface area contributed by atoms with Gasteiger partial charge in [0.1, 0.15) is 5.76 Å². The average molecular weight is 350 g/mol. The Bertz CT molecular complexity index is 671. The molecule has 1 unspecified atom stereocenters. The highest BCUT2D eigenvalue weighted by atomic mass is 35.5. The predicted molar refractivity (Wildman–Crippen MR) is 88.4 cm³/mol.